The summed E-state index contributed by atoms with van der Waals surface area (Å²) >= 11 is 0. The molecule has 4 heteroatoms. The molecule has 0 atom stereocenters. The van der Waals surface area contributed by atoms with Gasteiger partial charge in [-0.15, -0.1) is 0 Å². The molecular formula is C11H10N2O2. The van der Waals surface area contributed by atoms with E-state index in [4.69, 9.17) is 4.52 Å². The zero-order chi connectivity index (χ0) is 10.7. The van der Waals surface area contributed by atoms with Crippen LogP contribution >= 0.6 is 0 Å². The molecule has 2 aromatic rings. The highest BCUT2D eigenvalue weighted by Crippen LogP contribution is 2.20. The zero-order valence-electron chi connectivity index (χ0n) is 8.30. The zero-order valence-corrected chi connectivity index (χ0v) is 8.30. The maximum atomic E-state index is 10.3. The van der Waals surface area contributed by atoms with Crippen LogP contribution in [0.15, 0.2) is 28.8 Å². The van der Waals surface area contributed by atoms with Crippen molar-refractivity contribution in [2.45, 2.75) is 13.3 Å². The Morgan fingerprint density at radius 3 is 2.93 bits per heavy atom. The molecule has 1 aromatic heterocycles. The third-order valence-electron chi connectivity index (χ3n) is 2.11. The molecule has 0 amide bonds. The van der Waals surface area contributed by atoms with Crippen LogP contribution in [0.3, 0.4) is 0 Å². The molecule has 0 aliphatic carbocycles. The second-order valence-electron chi connectivity index (χ2n) is 3.20. The highest BCUT2D eigenvalue weighted by atomic mass is 16.5. The minimum atomic E-state index is 0.190. The summed E-state index contributed by atoms with van der Waals surface area (Å²) in [5.74, 6) is 0.883. The molecule has 4 nitrogen and oxygen atoms in total. The Labute approximate surface area is 86.9 Å². The lowest BCUT2D eigenvalue weighted by Crippen LogP contribution is -1.88. The average Bonchev–Trinajstić information content (AvgIpc) is 2.68. The average molecular weight is 202 g/mol. The van der Waals surface area contributed by atoms with Crippen molar-refractivity contribution in [2.24, 2.45) is 0 Å². The van der Waals surface area contributed by atoms with E-state index in [9.17, 15) is 4.79 Å². The van der Waals surface area contributed by atoms with Gasteiger partial charge in [0, 0.05) is 5.56 Å². The number of aromatic nitrogens is 2. The number of nitrogens with zero attached hydrogens (tertiary/aromatic N) is 2. The monoisotopic (exact) mass is 202 g/mol. The Balaban J connectivity index is 2.37. The Kier molecular flexibility index (Phi) is 2.58. The molecule has 76 valence electrons. The normalized spacial score (nSPS) is 10.2. The van der Waals surface area contributed by atoms with Crippen molar-refractivity contribution in [1.29, 1.82) is 0 Å². The Bertz CT molecular complexity index is 477. The smallest absolute Gasteiger partial charge is 0.258 e. The molecule has 2 rings (SSSR count). The van der Waals surface area contributed by atoms with E-state index in [0.29, 0.717) is 11.7 Å². The lowest BCUT2D eigenvalue weighted by molar-refractivity contribution is -0.107. The summed E-state index contributed by atoms with van der Waals surface area (Å²) < 4.78 is 5.06. The molecule has 0 bridgehead atoms. The van der Waals surface area contributed by atoms with Gasteiger partial charge in [-0.05, 0) is 18.6 Å². The van der Waals surface area contributed by atoms with Crippen molar-refractivity contribution in [1.82, 2.24) is 10.1 Å². The maximum absolute atomic E-state index is 10.3. The molecule has 0 radical (unpaired) electrons. The van der Waals surface area contributed by atoms with Crippen molar-refractivity contribution in [3.05, 3.63) is 35.7 Å². The van der Waals surface area contributed by atoms with Crippen molar-refractivity contribution >= 4 is 6.29 Å². The van der Waals surface area contributed by atoms with Gasteiger partial charge in [0.05, 0.1) is 6.42 Å². The highest BCUT2D eigenvalue weighted by Gasteiger charge is 2.09. The van der Waals surface area contributed by atoms with Crippen LogP contribution in [0.4, 0.5) is 0 Å². The minimum absolute atomic E-state index is 0.190. The number of carbonyl (C=O) groups is 1. The molecule has 0 unspecified atom stereocenters. The van der Waals surface area contributed by atoms with Crippen LogP contribution in [0.5, 0.6) is 0 Å². The molecule has 0 aliphatic heterocycles. The van der Waals surface area contributed by atoms with Crippen molar-refractivity contribution in [2.75, 3.05) is 0 Å². The standard InChI is InChI=1S/C11H10N2O2/c1-8-4-2-3-5-9(8)11-12-10(6-7-14)13-15-11/h2-5,7H,6H2,1H3. The van der Waals surface area contributed by atoms with Crippen LogP contribution in [0.2, 0.25) is 0 Å². The van der Waals surface area contributed by atoms with E-state index in [-0.39, 0.29) is 6.42 Å². The molecule has 15 heavy (non-hydrogen) atoms. The summed E-state index contributed by atoms with van der Waals surface area (Å²) in [5, 5.41) is 3.71. The molecule has 1 aromatic carbocycles. The fraction of sp³-hybridized carbons (Fsp3) is 0.182. The SMILES string of the molecule is Cc1ccccc1-c1nc(CC=O)no1. The van der Waals surface area contributed by atoms with Crippen LogP contribution < -0.4 is 0 Å². The third kappa shape index (κ3) is 1.93. The molecule has 0 N–H and O–H groups in total. The highest BCUT2D eigenvalue weighted by molar-refractivity contribution is 5.58. The second-order valence-corrected chi connectivity index (χ2v) is 3.20. The third-order valence-corrected chi connectivity index (χ3v) is 2.11. The summed E-state index contributed by atoms with van der Waals surface area (Å²) in [4.78, 5) is 14.4. The van der Waals surface area contributed by atoms with Gasteiger partial charge in [0.1, 0.15) is 6.29 Å². The van der Waals surface area contributed by atoms with E-state index in [1.54, 1.807) is 0 Å². The van der Waals surface area contributed by atoms with E-state index >= 15 is 0 Å². The first-order valence-electron chi connectivity index (χ1n) is 4.63. The molecule has 0 fully saturated rings. The second kappa shape index (κ2) is 4.04. The number of hydrogen-bond donors (Lipinski definition) is 0. The quantitative estimate of drug-likeness (QED) is 0.712. The largest absolute Gasteiger partial charge is 0.334 e. The van der Waals surface area contributed by atoms with Gasteiger partial charge in [0.2, 0.25) is 0 Å². The van der Waals surface area contributed by atoms with Gasteiger partial charge in [-0.25, -0.2) is 0 Å². The molecular weight excluding hydrogens is 192 g/mol. The van der Waals surface area contributed by atoms with Gasteiger partial charge in [-0.1, -0.05) is 23.4 Å². The fourth-order valence-corrected chi connectivity index (χ4v) is 1.33. The number of rotatable bonds is 3. The number of benzene rings is 1. The van der Waals surface area contributed by atoms with Crippen molar-refractivity contribution in [3.63, 3.8) is 0 Å². The van der Waals surface area contributed by atoms with Gasteiger partial charge >= 0.3 is 0 Å². The minimum Gasteiger partial charge on any atom is -0.334 e. The molecule has 1 heterocycles. The van der Waals surface area contributed by atoms with Crippen LogP contribution in [0.25, 0.3) is 11.5 Å². The van der Waals surface area contributed by atoms with E-state index in [0.717, 1.165) is 17.4 Å². The summed E-state index contributed by atoms with van der Waals surface area (Å²) in [6, 6.07) is 7.74. The predicted octanol–water partition coefficient (Wildman–Crippen LogP) is 1.79. The van der Waals surface area contributed by atoms with Crippen LogP contribution in [0.1, 0.15) is 11.4 Å². The fourth-order valence-electron chi connectivity index (χ4n) is 1.33. The first-order valence-corrected chi connectivity index (χ1v) is 4.63. The van der Waals surface area contributed by atoms with Crippen LogP contribution in [-0.4, -0.2) is 16.4 Å². The molecule has 0 spiro atoms. The summed E-state index contributed by atoms with van der Waals surface area (Å²) in [7, 11) is 0. The van der Waals surface area contributed by atoms with Gasteiger partial charge in [0.25, 0.3) is 5.89 Å². The van der Waals surface area contributed by atoms with Gasteiger partial charge < -0.3 is 9.32 Å². The number of aryl methyl sites for hydroxylation is 1. The van der Waals surface area contributed by atoms with Crippen LogP contribution in [0, 0.1) is 6.92 Å². The first-order chi connectivity index (χ1) is 7.31. The van der Waals surface area contributed by atoms with E-state index in [1.807, 2.05) is 31.2 Å². The number of hydrogen-bond acceptors (Lipinski definition) is 4. The maximum Gasteiger partial charge on any atom is 0.258 e. The predicted molar refractivity (Wildman–Crippen MR) is 54.2 cm³/mol. The van der Waals surface area contributed by atoms with Crippen molar-refractivity contribution < 1.29 is 9.32 Å². The molecule has 0 saturated carbocycles. The van der Waals surface area contributed by atoms with Gasteiger partial charge in [-0.2, -0.15) is 4.98 Å². The summed E-state index contributed by atoms with van der Waals surface area (Å²) in [6.45, 7) is 1.97. The van der Waals surface area contributed by atoms with E-state index < -0.39 is 0 Å². The topological polar surface area (TPSA) is 56.0 Å². The number of carbonyl (C=O) groups excluding carboxylic acids is 1. The Hall–Kier alpha value is -1.97. The summed E-state index contributed by atoms with van der Waals surface area (Å²) in [5.41, 5.74) is 1.97. The first kappa shape index (κ1) is 9.58. The lowest BCUT2D eigenvalue weighted by atomic mass is 10.1. The molecule has 0 saturated heterocycles. The molecule has 0 aliphatic rings. The lowest BCUT2D eigenvalue weighted by Gasteiger charge is -1.97. The van der Waals surface area contributed by atoms with Crippen LogP contribution in [-0.2, 0) is 11.2 Å². The van der Waals surface area contributed by atoms with E-state index in [2.05, 4.69) is 10.1 Å². The summed E-state index contributed by atoms with van der Waals surface area (Å²) in [6.07, 6.45) is 0.946. The Morgan fingerprint density at radius 1 is 1.40 bits per heavy atom. The Morgan fingerprint density at radius 2 is 2.20 bits per heavy atom. The number of aldehydes is 1. The van der Waals surface area contributed by atoms with Gasteiger partial charge in [-0.3, -0.25) is 0 Å². The van der Waals surface area contributed by atoms with Crippen molar-refractivity contribution in [3.8, 4) is 11.5 Å². The van der Waals surface area contributed by atoms with Gasteiger partial charge in [0.15, 0.2) is 5.82 Å². The van der Waals surface area contributed by atoms with E-state index in [1.165, 1.54) is 0 Å².